The normalized spacial score (nSPS) is 26.3. The molecule has 3 aliphatic rings. The standard InChI is InChI=1S/C27H25F3N4O3/c1-14(35)26-19-5-6-31-12-23(19)33(32-26)13-25(37)34-21-9-17(21)10-22(34)24(36)11-16-8-20(16)15-3-2-4-18(7-15)27(28,29)30/h2-7,12,16-17,20-22H,8-11,13H2,1H3/t16?,17-,20?,21-,22+/m1/s1. The fourth-order valence-electron chi connectivity index (χ4n) is 5.93. The van der Waals surface area contributed by atoms with Crippen LogP contribution in [0.1, 0.15) is 60.1 Å². The number of Topliss-reactive ketones (excluding diaryl/α,β-unsaturated/α-hetero) is 2. The molecule has 7 nitrogen and oxygen atoms in total. The Morgan fingerprint density at radius 3 is 2.68 bits per heavy atom. The Labute approximate surface area is 210 Å². The van der Waals surface area contributed by atoms with Crippen molar-refractivity contribution in [1.82, 2.24) is 19.7 Å². The number of hydrogen-bond acceptors (Lipinski definition) is 5. The maximum atomic E-state index is 13.4. The van der Waals surface area contributed by atoms with Gasteiger partial charge in [0.25, 0.3) is 0 Å². The minimum absolute atomic E-state index is 0.0101. The molecule has 6 rings (SSSR count). The smallest absolute Gasteiger partial charge is 0.328 e. The molecular formula is C27H25F3N4O3. The second-order valence-corrected chi connectivity index (χ2v) is 10.5. The van der Waals surface area contributed by atoms with Crippen molar-refractivity contribution in [1.29, 1.82) is 0 Å². The molecule has 10 heteroatoms. The van der Waals surface area contributed by atoms with Gasteiger partial charge in [-0.25, -0.2) is 0 Å². The molecule has 0 N–H and O–H groups in total. The quantitative estimate of drug-likeness (QED) is 0.440. The number of hydrogen-bond donors (Lipinski definition) is 0. The van der Waals surface area contributed by atoms with Crippen LogP contribution in [0.4, 0.5) is 13.2 Å². The van der Waals surface area contributed by atoms with Gasteiger partial charge >= 0.3 is 6.18 Å². The van der Waals surface area contributed by atoms with Gasteiger partial charge in [0.05, 0.1) is 23.3 Å². The van der Waals surface area contributed by atoms with E-state index in [4.69, 9.17) is 0 Å². The summed E-state index contributed by atoms with van der Waals surface area (Å²) in [5, 5.41) is 4.98. The number of amides is 1. The highest BCUT2D eigenvalue weighted by Crippen LogP contribution is 2.53. The third kappa shape index (κ3) is 4.32. The molecule has 0 radical (unpaired) electrons. The maximum absolute atomic E-state index is 13.4. The lowest BCUT2D eigenvalue weighted by molar-refractivity contribution is -0.139. The van der Waals surface area contributed by atoms with Gasteiger partial charge in [0.2, 0.25) is 5.91 Å². The summed E-state index contributed by atoms with van der Waals surface area (Å²) >= 11 is 0. The fourth-order valence-corrected chi connectivity index (χ4v) is 5.93. The van der Waals surface area contributed by atoms with Crippen LogP contribution in [-0.4, -0.2) is 49.2 Å². The van der Waals surface area contributed by atoms with Gasteiger partial charge in [-0.3, -0.25) is 24.0 Å². The Bertz CT molecular complexity index is 1430. The number of nitrogens with zero attached hydrogens (tertiary/aromatic N) is 4. The van der Waals surface area contributed by atoms with Crippen LogP contribution in [0.3, 0.4) is 0 Å². The largest absolute Gasteiger partial charge is 0.416 e. The first-order valence-corrected chi connectivity index (χ1v) is 12.4. The lowest BCUT2D eigenvalue weighted by Crippen LogP contribution is -2.44. The van der Waals surface area contributed by atoms with Crippen molar-refractivity contribution >= 4 is 28.4 Å². The number of alkyl halides is 3. The first-order chi connectivity index (χ1) is 17.6. The second-order valence-electron chi connectivity index (χ2n) is 10.5. The monoisotopic (exact) mass is 510 g/mol. The Kier molecular flexibility index (Phi) is 5.47. The molecule has 0 bridgehead atoms. The van der Waals surface area contributed by atoms with E-state index >= 15 is 0 Å². The molecule has 1 aliphatic heterocycles. The number of pyridine rings is 1. The summed E-state index contributed by atoms with van der Waals surface area (Å²) in [7, 11) is 0. The summed E-state index contributed by atoms with van der Waals surface area (Å²) in [6, 6.07) is 6.52. The van der Waals surface area contributed by atoms with Gasteiger partial charge in [-0.1, -0.05) is 18.2 Å². The van der Waals surface area contributed by atoms with Crippen LogP contribution in [0.2, 0.25) is 0 Å². The number of piperidine rings is 1. The minimum atomic E-state index is -4.40. The summed E-state index contributed by atoms with van der Waals surface area (Å²) in [4.78, 5) is 44.5. The maximum Gasteiger partial charge on any atom is 0.416 e. The van der Waals surface area contributed by atoms with Gasteiger partial charge in [-0.05, 0) is 54.7 Å². The highest BCUT2D eigenvalue weighted by Gasteiger charge is 2.56. The number of benzene rings is 1. The summed E-state index contributed by atoms with van der Waals surface area (Å²) in [6.45, 7) is 1.32. The summed E-state index contributed by atoms with van der Waals surface area (Å²) < 4.78 is 40.7. The summed E-state index contributed by atoms with van der Waals surface area (Å²) in [5.74, 6) is -0.240. The van der Waals surface area contributed by atoms with Crippen molar-refractivity contribution in [3.05, 3.63) is 59.5 Å². The highest BCUT2D eigenvalue weighted by molar-refractivity contribution is 6.04. The zero-order chi connectivity index (χ0) is 26.1. The number of rotatable bonds is 7. The molecular weight excluding hydrogens is 485 g/mol. The van der Waals surface area contributed by atoms with Crippen LogP contribution < -0.4 is 0 Å². The zero-order valence-electron chi connectivity index (χ0n) is 20.1. The number of likely N-dealkylation sites (tertiary alicyclic amines) is 1. The number of carbonyl (C=O) groups is 3. The average molecular weight is 511 g/mol. The Hall–Kier alpha value is -3.56. The van der Waals surface area contributed by atoms with E-state index < -0.39 is 17.8 Å². The van der Waals surface area contributed by atoms with Crippen molar-refractivity contribution < 1.29 is 27.6 Å². The highest BCUT2D eigenvalue weighted by atomic mass is 19.4. The Morgan fingerprint density at radius 2 is 1.92 bits per heavy atom. The number of ketones is 2. The fraction of sp³-hybridized carbons (Fsp3) is 0.444. The van der Waals surface area contributed by atoms with E-state index in [2.05, 4.69) is 10.1 Å². The van der Waals surface area contributed by atoms with Crippen molar-refractivity contribution in [2.75, 3.05) is 0 Å². The van der Waals surface area contributed by atoms with Crippen molar-refractivity contribution in [3.63, 3.8) is 0 Å². The molecule has 3 aromatic rings. The first kappa shape index (κ1) is 23.8. The number of aromatic nitrogens is 3. The molecule has 3 fully saturated rings. The predicted octanol–water partition coefficient (Wildman–Crippen LogP) is 4.41. The Morgan fingerprint density at radius 1 is 1.11 bits per heavy atom. The molecule has 2 saturated carbocycles. The van der Waals surface area contributed by atoms with Crippen LogP contribution in [-0.2, 0) is 22.3 Å². The predicted molar refractivity (Wildman–Crippen MR) is 127 cm³/mol. The molecule has 37 heavy (non-hydrogen) atoms. The van der Waals surface area contributed by atoms with E-state index in [-0.39, 0.29) is 54.0 Å². The lowest BCUT2D eigenvalue weighted by atomic mass is 9.99. The van der Waals surface area contributed by atoms with E-state index in [1.807, 2.05) is 0 Å². The third-order valence-electron chi connectivity index (χ3n) is 7.96. The molecule has 3 heterocycles. The average Bonchev–Trinajstić information content (AvgIpc) is 3.74. The van der Waals surface area contributed by atoms with Gasteiger partial charge in [-0.15, -0.1) is 0 Å². The summed E-state index contributed by atoms with van der Waals surface area (Å²) in [5.41, 5.74) is 0.787. The van der Waals surface area contributed by atoms with E-state index in [9.17, 15) is 27.6 Å². The van der Waals surface area contributed by atoms with E-state index in [0.717, 1.165) is 12.5 Å². The Balaban J connectivity index is 1.15. The number of halogens is 3. The molecule has 0 spiro atoms. The van der Waals surface area contributed by atoms with Gasteiger partial charge in [0.1, 0.15) is 12.2 Å². The van der Waals surface area contributed by atoms with Crippen LogP contribution in [0.5, 0.6) is 0 Å². The number of carbonyl (C=O) groups excluding carboxylic acids is 3. The number of fused-ring (bicyclic) bond motifs is 2. The summed E-state index contributed by atoms with van der Waals surface area (Å²) in [6.07, 6.45) is 1.14. The SMILES string of the molecule is CC(=O)c1nn(CC(=O)N2[C@@H]3C[C@@H]3C[C@H]2C(=O)CC2CC2c2cccc(C(F)(F)F)c2)c2cnccc12. The van der Waals surface area contributed by atoms with Gasteiger partial charge in [0, 0.05) is 31.0 Å². The molecule has 1 saturated heterocycles. The van der Waals surface area contributed by atoms with E-state index in [1.54, 1.807) is 29.4 Å². The van der Waals surface area contributed by atoms with Crippen LogP contribution in [0, 0.1) is 11.8 Å². The zero-order valence-corrected chi connectivity index (χ0v) is 20.1. The molecule has 1 aromatic carbocycles. The second kappa shape index (κ2) is 8.49. The first-order valence-electron chi connectivity index (χ1n) is 12.4. The molecule has 1 amide bonds. The van der Waals surface area contributed by atoms with Crippen molar-refractivity contribution in [3.8, 4) is 0 Å². The van der Waals surface area contributed by atoms with Crippen LogP contribution in [0.15, 0.2) is 42.7 Å². The van der Waals surface area contributed by atoms with Crippen LogP contribution >= 0.6 is 0 Å². The molecule has 2 aliphatic carbocycles. The molecule has 192 valence electrons. The van der Waals surface area contributed by atoms with Crippen LogP contribution in [0.25, 0.3) is 10.9 Å². The topological polar surface area (TPSA) is 85.2 Å². The molecule has 2 aromatic heterocycles. The minimum Gasteiger partial charge on any atom is -0.328 e. The van der Waals surface area contributed by atoms with E-state index in [0.29, 0.717) is 35.2 Å². The van der Waals surface area contributed by atoms with Crippen molar-refractivity contribution in [2.24, 2.45) is 11.8 Å². The van der Waals surface area contributed by atoms with Gasteiger partial charge in [-0.2, -0.15) is 18.3 Å². The van der Waals surface area contributed by atoms with Gasteiger partial charge in [0.15, 0.2) is 11.6 Å². The molecule has 2 unspecified atom stereocenters. The van der Waals surface area contributed by atoms with Gasteiger partial charge < -0.3 is 4.90 Å². The lowest BCUT2D eigenvalue weighted by Gasteiger charge is -2.27. The van der Waals surface area contributed by atoms with E-state index in [1.165, 1.54) is 23.7 Å². The molecule has 5 atom stereocenters. The third-order valence-corrected chi connectivity index (χ3v) is 7.96. The van der Waals surface area contributed by atoms with Crippen molar-refractivity contribution in [2.45, 2.75) is 63.3 Å².